The maximum atomic E-state index is 13.3. The molecule has 2 amide bonds. The van der Waals surface area contributed by atoms with Crippen LogP contribution in [0.4, 0.5) is 0 Å². The number of hydrogen-bond donors (Lipinski definition) is 1. The minimum atomic E-state index is -4.01. The monoisotopic (exact) mass is 511 g/mol. The molecule has 2 aromatic carbocycles. The van der Waals surface area contributed by atoms with Crippen molar-refractivity contribution in [3.05, 3.63) is 70.8 Å². The fourth-order valence-electron chi connectivity index (χ4n) is 4.79. The van der Waals surface area contributed by atoms with E-state index in [0.29, 0.717) is 35.0 Å². The molecule has 0 aromatic heterocycles. The van der Waals surface area contributed by atoms with Gasteiger partial charge >= 0.3 is 0 Å². The van der Waals surface area contributed by atoms with Crippen LogP contribution in [0.3, 0.4) is 0 Å². The summed E-state index contributed by atoms with van der Waals surface area (Å²) in [6, 6.07) is 13.8. The van der Waals surface area contributed by atoms with Crippen LogP contribution < -0.4 is 10.1 Å². The van der Waals surface area contributed by atoms with Gasteiger partial charge in [0.15, 0.2) is 0 Å². The first-order valence-electron chi connectivity index (χ1n) is 12.3. The van der Waals surface area contributed by atoms with Crippen molar-refractivity contribution in [2.45, 2.75) is 45.7 Å². The van der Waals surface area contributed by atoms with Crippen LogP contribution in [0.2, 0.25) is 0 Å². The summed E-state index contributed by atoms with van der Waals surface area (Å²) < 4.78 is 32.6. The highest BCUT2D eigenvalue weighted by molar-refractivity contribution is 7.99. The molecule has 1 N–H and O–H groups in total. The summed E-state index contributed by atoms with van der Waals surface area (Å²) in [4.78, 5) is 27.8. The molecule has 0 bridgehead atoms. The highest BCUT2D eigenvalue weighted by Gasteiger charge is 2.42. The second-order valence-corrected chi connectivity index (χ2v) is 11.1. The van der Waals surface area contributed by atoms with E-state index < -0.39 is 15.9 Å². The molecule has 36 heavy (non-hydrogen) atoms. The first-order chi connectivity index (χ1) is 17.2. The van der Waals surface area contributed by atoms with Crippen molar-refractivity contribution in [3.8, 4) is 5.75 Å². The number of piperidine rings is 1. The van der Waals surface area contributed by atoms with E-state index in [4.69, 9.17) is 4.74 Å². The summed E-state index contributed by atoms with van der Waals surface area (Å²) in [6.45, 7) is 6.11. The van der Waals surface area contributed by atoms with E-state index in [1.54, 1.807) is 48.5 Å². The van der Waals surface area contributed by atoms with Gasteiger partial charge in [-0.15, -0.1) is 0 Å². The minimum Gasteiger partial charge on any atom is -0.497 e. The lowest BCUT2D eigenvalue weighted by molar-refractivity contribution is -0.122. The van der Waals surface area contributed by atoms with Gasteiger partial charge in [0.05, 0.1) is 13.7 Å². The molecule has 0 radical (unpaired) electrons. The average Bonchev–Trinajstić information content (AvgIpc) is 3.04. The Labute approximate surface area is 213 Å². The number of likely N-dealkylation sites (tertiary alicyclic amines) is 1. The zero-order chi connectivity index (χ0) is 25.9. The molecule has 2 aliphatic rings. The lowest BCUT2D eigenvalue weighted by Crippen LogP contribution is -2.42. The van der Waals surface area contributed by atoms with Crippen LogP contribution in [0.15, 0.2) is 54.1 Å². The number of benzene rings is 2. The van der Waals surface area contributed by atoms with Crippen LogP contribution in [0.5, 0.6) is 5.75 Å². The van der Waals surface area contributed by atoms with Gasteiger partial charge in [-0.1, -0.05) is 18.6 Å². The number of nitrogens with one attached hydrogen (secondary N) is 1. The predicted molar refractivity (Wildman–Crippen MR) is 139 cm³/mol. The molecule has 2 aromatic rings. The Morgan fingerprint density at radius 1 is 1.08 bits per heavy atom. The van der Waals surface area contributed by atoms with Crippen molar-refractivity contribution in [2.75, 3.05) is 26.7 Å². The highest BCUT2D eigenvalue weighted by atomic mass is 32.2. The number of nitrogens with zero attached hydrogens (tertiary/aromatic N) is 2. The van der Waals surface area contributed by atoms with Crippen molar-refractivity contribution in [2.24, 2.45) is 0 Å². The molecule has 192 valence electrons. The zero-order valence-electron chi connectivity index (χ0n) is 21.0. The van der Waals surface area contributed by atoms with Crippen LogP contribution in [0, 0.1) is 0 Å². The molecule has 0 unspecified atom stereocenters. The Morgan fingerprint density at radius 3 is 2.42 bits per heavy atom. The number of ether oxygens (including phenoxy) is 1. The van der Waals surface area contributed by atoms with Gasteiger partial charge in [-0.05, 0) is 80.8 Å². The molecular weight excluding hydrogens is 478 g/mol. The second-order valence-electron chi connectivity index (χ2n) is 9.33. The maximum absolute atomic E-state index is 13.3. The van der Waals surface area contributed by atoms with E-state index >= 15 is 0 Å². The third kappa shape index (κ3) is 5.32. The third-order valence-electron chi connectivity index (χ3n) is 6.96. The van der Waals surface area contributed by atoms with Gasteiger partial charge in [0.1, 0.15) is 10.7 Å². The van der Waals surface area contributed by atoms with Crippen molar-refractivity contribution in [3.63, 3.8) is 0 Å². The summed E-state index contributed by atoms with van der Waals surface area (Å²) in [5, 5.41) is 2.96. The summed E-state index contributed by atoms with van der Waals surface area (Å²) in [5.41, 5.74) is 1.73. The number of rotatable bonds is 8. The Kier molecular flexibility index (Phi) is 7.80. The molecule has 4 rings (SSSR count). The summed E-state index contributed by atoms with van der Waals surface area (Å²) >= 11 is 0. The van der Waals surface area contributed by atoms with Gasteiger partial charge in [0.2, 0.25) is 0 Å². The molecule has 2 aliphatic heterocycles. The predicted octanol–water partition coefficient (Wildman–Crippen LogP) is 3.40. The van der Waals surface area contributed by atoms with Crippen LogP contribution >= 0.6 is 0 Å². The number of methoxy groups -OCH3 is 1. The largest absolute Gasteiger partial charge is 0.497 e. The van der Waals surface area contributed by atoms with E-state index in [-0.39, 0.29) is 22.9 Å². The highest BCUT2D eigenvalue weighted by Crippen LogP contribution is 2.37. The fraction of sp³-hybridized carbons (Fsp3) is 0.407. The van der Waals surface area contributed by atoms with Gasteiger partial charge in [0, 0.05) is 30.3 Å². The van der Waals surface area contributed by atoms with E-state index in [1.807, 2.05) is 0 Å². The van der Waals surface area contributed by atoms with Gasteiger partial charge < -0.3 is 10.1 Å². The molecule has 0 aliphatic carbocycles. The lowest BCUT2D eigenvalue weighted by Gasteiger charge is -2.33. The lowest BCUT2D eigenvalue weighted by atomic mass is 10.0. The Balaban J connectivity index is 1.39. The Hall–Kier alpha value is -3.17. The summed E-state index contributed by atoms with van der Waals surface area (Å²) in [5.74, 6) is -0.120. The van der Waals surface area contributed by atoms with Crippen molar-refractivity contribution < 1.29 is 22.7 Å². The Bertz CT molecular complexity index is 1250. The van der Waals surface area contributed by atoms with Gasteiger partial charge in [-0.25, -0.2) is 12.7 Å². The van der Waals surface area contributed by atoms with Gasteiger partial charge in [0.25, 0.3) is 21.8 Å². The first kappa shape index (κ1) is 25.9. The summed E-state index contributed by atoms with van der Waals surface area (Å²) in [6.07, 6.45) is 3.66. The molecule has 0 saturated carbocycles. The topological polar surface area (TPSA) is 96.0 Å². The van der Waals surface area contributed by atoms with Crippen LogP contribution in [0.1, 0.15) is 54.6 Å². The maximum Gasteiger partial charge on any atom is 0.268 e. The van der Waals surface area contributed by atoms with E-state index in [1.165, 1.54) is 33.3 Å². The smallest absolute Gasteiger partial charge is 0.268 e. The number of carbonyl (C=O) groups excluding carboxylic acids is 2. The second kappa shape index (κ2) is 10.8. The average molecular weight is 512 g/mol. The quantitative estimate of drug-likeness (QED) is 0.584. The standard InChI is InChI=1S/C27H33N3O5S/c1-19-6-4-5-16-29(19)17-15-28-26(31)23-9-7-21(8-10-23)18-30-27(32)20(2)25(36(30,33)34)22-11-13-24(35-3)14-12-22/h7-14,19H,4-6,15-18H2,1-3H3,(H,28,31)/t19-/m0/s1. The first-order valence-corrected chi connectivity index (χ1v) is 13.7. The van der Waals surface area contributed by atoms with Crippen molar-refractivity contribution >= 4 is 26.7 Å². The van der Waals surface area contributed by atoms with Gasteiger partial charge in [-0.3, -0.25) is 14.5 Å². The molecule has 1 atom stereocenters. The van der Waals surface area contributed by atoms with Crippen molar-refractivity contribution in [1.29, 1.82) is 0 Å². The van der Waals surface area contributed by atoms with Crippen LogP contribution in [0.25, 0.3) is 4.91 Å². The summed E-state index contributed by atoms with van der Waals surface area (Å²) in [7, 11) is -2.48. The Morgan fingerprint density at radius 2 is 1.78 bits per heavy atom. The van der Waals surface area contributed by atoms with Gasteiger partial charge in [-0.2, -0.15) is 0 Å². The molecule has 0 spiro atoms. The normalized spacial score (nSPS) is 20.0. The molecule has 8 nitrogen and oxygen atoms in total. The SMILES string of the molecule is COc1ccc(C2=C(C)C(=O)N(Cc3ccc(C(=O)NCCN4CCCC[C@@H]4C)cc3)S2(=O)=O)cc1. The number of sulfonamides is 1. The number of amides is 2. The molecule has 2 heterocycles. The molecule has 1 saturated heterocycles. The van der Waals surface area contributed by atoms with Crippen LogP contribution in [-0.2, 0) is 21.4 Å². The van der Waals surface area contributed by atoms with Crippen molar-refractivity contribution in [1.82, 2.24) is 14.5 Å². The molecule has 9 heteroatoms. The minimum absolute atomic E-state index is 0.00850. The molecule has 1 fully saturated rings. The van der Waals surface area contributed by atoms with E-state index in [9.17, 15) is 18.0 Å². The number of hydrogen-bond acceptors (Lipinski definition) is 6. The van der Waals surface area contributed by atoms with Crippen LogP contribution in [-0.4, -0.2) is 62.2 Å². The number of carbonyl (C=O) groups is 2. The van der Waals surface area contributed by atoms with E-state index in [2.05, 4.69) is 17.1 Å². The zero-order valence-corrected chi connectivity index (χ0v) is 21.8. The molecular formula is C27H33N3O5S. The fourth-order valence-corrected chi connectivity index (χ4v) is 6.60. The third-order valence-corrected chi connectivity index (χ3v) is 8.89. The van der Waals surface area contributed by atoms with E-state index in [0.717, 1.165) is 17.4 Å².